The van der Waals surface area contributed by atoms with Crippen LogP contribution in [0.4, 0.5) is 19.3 Å². The summed E-state index contributed by atoms with van der Waals surface area (Å²) in [5.41, 5.74) is -0.0634. The second-order valence-electron chi connectivity index (χ2n) is 8.27. The van der Waals surface area contributed by atoms with Gasteiger partial charge in [-0.2, -0.15) is 4.98 Å². The third-order valence-electron chi connectivity index (χ3n) is 6.07. The molecule has 0 aliphatic carbocycles. The first kappa shape index (κ1) is 22.4. The van der Waals surface area contributed by atoms with Crippen LogP contribution in [0.2, 0.25) is 0 Å². The topological polar surface area (TPSA) is 126 Å². The predicted octanol–water partition coefficient (Wildman–Crippen LogP) is 4.08. The van der Waals surface area contributed by atoms with Gasteiger partial charge in [0.05, 0.1) is 23.4 Å². The highest BCUT2D eigenvalue weighted by Gasteiger charge is 2.30. The van der Waals surface area contributed by atoms with Crippen LogP contribution in [0, 0.1) is 18.6 Å². The molecular weight excluding hydrogens is 462 g/mol. The average molecular weight is 482 g/mol. The standard InChI is InChI=1S/C23H20F2N6O4/c1-12-15(24)9-14(20-28-22(35-29-20)13-5-4-7-30(11-13)23(33)34)18(25)19(12)27-21(32)16-10-26-17-6-2-3-8-31(16)17/h2-3,6,8-10,13H,4-5,7,11H2,1H3,(H,27,32)(H,33,34)/t13-/m1/s1. The van der Waals surface area contributed by atoms with E-state index in [2.05, 4.69) is 20.4 Å². The molecular formula is C23H20F2N6O4. The number of hydrogen-bond donors (Lipinski definition) is 2. The summed E-state index contributed by atoms with van der Waals surface area (Å²) in [5.74, 6) is -2.78. The first-order valence-electron chi connectivity index (χ1n) is 10.9. The second-order valence-corrected chi connectivity index (χ2v) is 8.27. The number of pyridine rings is 1. The van der Waals surface area contributed by atoms with Gasteiger partial charge in [-0.1, -0.05) is 11.2 Å². The molecule has 4 heterocycles. The summed E-state index contributed by atoms with van der Waals surface area (Å²) in [4.78, 5) is 33.8. The van der Waals surface area contributed by atoms with Crippen molar-refractivity contribution < 1.29 is 28.0 Å². The molecule has 4 aromatic rings. The number of piperidine rings is 1. The molecule has 180 valence electrons. The maximum absolute atomic E-state index is 15.5. The number of benzene rings is 1. The third kappa shape index (κ3) is 4.07. The summed E-state index contributed by atoms with van der Waals surface area (Å²) in [5, 5.41) is 15.5. The lowest BCUT2D eigenvalue weighted by Crippen LogP contribution is -2.38. The summed E-state index contributed by atoms with van der Waals surface area (Å²) in [7, 11) is 0. The maximum Gasteiger partial charge on any atom is 0.407 e. The molecule has 0 spiro atoms. The quantitative estimate of drug-likeness (QED) is 0.449. The van der Waals surface area contributed by atoms with Crippen LogP contribution in [0.25, 0.3) is 17.0 Å². The Morgan fingerprint density at radius 3 is 2.91 bits per heavy atom. The van der Waals surface area contributed by atoms with Crippen LogP contribution in [-0.2, 0) is 0 Å². The highest BCUT2D eigenvalue weighted by Crippen LogP contribution is 2.33. The number of carboxylic acid groups (broad SMARTS) is 1. The summed E-state index contributed by atoms with van der Waals surface area (Å²) in [6.45, 7) is 1.92. The molecule has 5 rings (SSSR count). The molecule has 10 nitrogen and oxygen atoms in total. The molecule has 1 aliphatic heterocycles. The Kier molecular flexibility index (Phi) is 5.63. The van der Waals surface area contributed by atoms with Crippen LogP contribution in [0.15, 0.2) is 41.2 Å². The number of aromatic nitrogens is 4. The SMILES string of the molecule is Cc1c(F)cc(-c2noc([C@@H]3CCCN(C(=O)O)C3)n2)c(F)c1NC(=O)c1cnc2ccccn12. The molecule has 2 N–H and O–H groups in total. The van der Waals surface area contributed by atoms with Crippen LogP contribution in [-0.4, -0.2) is 54.6 Å². The molecule has 1 atom stereocenters. The number of fused-ring (bicyclic) bond motifs is 1. The van der Waals surface area contributed by atoms with Crippen molar-refractivity contribution in [2.75, 3.05) is 18.4 Å². The lowest BCUT2D eigenvalue weighted by atomic mass is 9.98. The molecule has 0 radical (unpaired) electrons. The zero-order valence-corrected chi connectivity index (χ0v) is 18.5. The van der Waals surface area contributed by atoms with Crippen molar-refractivity contribution in [3.8, 4) is 11.4 Å². The molecule has 0 saturated carbocycles. The van der Waals surface area contributed by atoms with E-state index in [4.69, 9.17) is 4.52 Å². The van der Waals surface area contributed by atoms with Gasteiger partial charge in [0, 0.05) is 24.8 Å². The van der Waals surface area contributed by atoms with E-state index in [0.29, 0.717) is 25.0 Å². The van der Waals surface area contributed by atoms with Gasteiger partial charge in [0.2, 0.25) is 11.7 Å². The van der Waals surface area contributed by atoms with Crippen molar-refractivity contribution in [2.24, 2.45) is 0 Å². The fourth-order valence-electron chi connectivity index (χ4n) is 4.17. The molecule has 3 aromatic heterocycles. The number of nitrogens with zero attached hydrogens (tertiary/aromatic N) is 5. The van der Waals surface area contributed by atoms with E-state index in [9.17, 15) is 19.1 Å². The number of hydrogen-bond acceptors (Lipinski definition) is 6. The van der Waals surface area contributed by atoms with Gasteiger partial charge in [-0.15, -0.1) is 0 Å². The molecule has 0 unspecified atom stereocenters. The number of likely N-dealkylation sites (tertiary alicyclic amines) is 1. The van der Waals surface area contributed by atoms with E-state index in [1.807, 2.05) is 0 Å². The highest BCUT2D eigenvalue weighted by molar-refractivity contribution is 6.04. The van der Waals surface area contributed by atoms with Crippen molar-refractivity contribution in [3.05, 3.63) is 65.4 Å². The lowest BCUT2D eigenvalue weighted by Gasteiger charge is -2.28. The van der Waals surface area contributed by atoms with Gasteiger partial charge in [0.25, 0.3) is 5.91 Å². The first-order valence-corrected chi connectivity index (χ1v) is 10.9. The number of halogens is 2. The summed E-state index contributed by atoms with van der Waals surface area (Å²) >= 11 is 0. The minimum Gasteiger partial charge on any atom is -0.465 e. The minimum absolute atomic E-state index is 0.0958. The second kappa shape index (κ2) is 8.78. The zero-order chi connectivity index (χ0) is 24.7. The molecule has 1 aliphatic rings. The number of imidazole rings is 1. The van der Waals surface area contributed by atoms with Gasteiger partial charge in [0.15, 0.2) is 5.82 Å². The Morgan fingerprint density at radius 2 is 2.11 bits per heavy atom. The number of nitrogens with one attached hydrogen (secondary N) is 1. The molecule has 2 amide bonds. The predicted molar refractivity (Wildman–Crippen MR) is 119 cm³/mol. The normalized spacial score (nSPS) is 16.0. The molecule has 35 heavy (non-hydrogen) atoms. The average Bonchev–Trinajstić information content (AvgIpc) is 3.52. The number of anilines is 1. The zero-order valence-electron chi connectivity index (χ0n) is 18.5. The largest absolute Gasteiger partial charge is 0.465 e. The van der Waals surface area contributed by atoms with Crippen LogP contribution in [0.5, 0.6) is 0 Å². The van der Waals surface area contributed by atoms with Gasteiger partial charge in [0.1, 0.15) is 17.2 Å². The van der Waals surface area contributed by atoms with E-state index in [1.54, 1.807) is 24.4 Å². The first-order chi connectivity index (χ1) is 16.8. The van der Waals surface area contributed by atoms with Gasteiger partial charge >= 0.3 is 6.09 Å². The van der Waals surface area contributed by atoms with Crippen molar-refractivity contribution in [3.63, 3.8) is 0 Å². The molecule has 0 bridgehead atoms. The van der Waals surface area contributed by atoms with Gasteiger partial charge < -0.3 is 19.8 Å². The fourth-order valence-corrected chi connectivity index (χ4v) is 4.17. The maximum atomic E-state index is 15.5. The Labute approximate surface area is 197 Å². The third-order valence-corrected chi connectivity index (χ3v) is 6.07. The van der Waals surface area contributed by atoms with Gasteiger partial charge in [-0.05, 0) is 38.0 Å². The van der Waals surface area contributed by atoms with E-state index in [-0.39, 0.29) is 46.7 Å². The Balaban J connectivity index is 1.45. The van der Waals surface area contributed by atoms with Crippen molar-refractivity contribution in [2.45, 2.75) is 25.7 Å². The Hall–Kier alpha value is -4.35. The number of carbonyl (C=O) groups excluding carboxylic acids is 1. The van der Waals surface area contributed by atoms with Crippen LogP contribution in [0.3, 0.4) is 0 Å². The van der Waals surface area contributed by atoms with Crippen LogP contribution in [0.1, 0.15) is 40.7 Å². The molecule has 1 aromatic carbocycles. The number of amides is 2. The van der Waals surface area contributed by atoms with Crippen molar-refractivity contribution in [1.82, 2.24) is 24.4 Å². The fraction of sp³-hybridized carbons (Fsp3) is 0.261. The Bertz CT molecular complexity index is 1450. The summed E-state index contributed by atoms with van der Waals surface area (Å²) < 4.78 is 37.1. The molecule has 1 fully saturated rings. The van der Waals surface area contributed by atoms with Crippen LogP contribution < -0.4 is 5.32 Å². The van der Waals surface area contributed by atoms with Gasteiger partial charge in [-0.25, -0.2) is 18.6 Å². The Morgan fingerprint density at radius 1 is 1.29 bits per heavy atom. The molecule has 1 saturated heterocycles. The summed E-state index contributed by atoms with van der Waals surface area (Å²) in [6.07, 6.45) is 3.16. The van der Waals surface area contributed by atoms with Crippen molar-refractivity contribution >= 4 is 23.3 Å². The van der Waals surface area contributed by atoms with E-state index >= 15 is 4.39 Å². The minimum atomic E-state index is -1.05. The number of rotatable bonds is 4. The molecule has 12 heteroatoms. The summed E-state index contributed by atoms with van der Waals surface area (Å²) in [6, 6.07) is 6.12. The lowest BCUT2D eigenvalue weighted by molar-refractivity contribution is 0.102. The van der Waals surface area contributed by atoms with E-state index < -0.39 is 23.6 Å². The van der Waals surface area contributed by atoms with Crippen molar-refractivity contribution in [1.29, 1.82) is 0 Å². The monoisotopic (exact) mass is 482 g/mol. The smallest absolute Gasteiger partial charge is 0.407 e. The van der Waals surface area contributed by atoms with E-state index in [0.717, 1.165) is 6.07 Å². The van der Waals surface area contributed by atoms with E-state index in [1.165, 1.54) is 22.4 Å². The van der Waals surface area contributed by atoms with Gasteiger partial charge in [-0.3, -0.25) is 9.20 Å². The number of carbonyl (C=O) groups is 2. The highest BCUT2D eigenvalue weighted by atomic mass is 19.1. The van der Waals surface area contributed by atoms with Crippen LogP contribution >= 0.6 is 0 Å².